The summed E-state index contributed by atoms with van der Waals surface area (Å²) in [5.41, 5.74) is 8.31. The van der Waals surface area contributed by atoms with E-state index in [0.29, 0.717) is 0 Å². The standard InChI is InChI=1S/4C22H44N2O2P2.2C2H3N.4BF4.2Ni/c4*1-25-15-13-23-17-27(21-9-5-3-6-10-21)19-24(14-16-26-2)20-28(18-23)22-11-7-4-8-12-22;2*1-2-3;4*2-1(3,4)5;;/h4*21-22H,3-20H2,1-2H3;2*1H3;;;;;;/q;;;;;;4*-1;2*+2/p+8. The molecule has 12 fully saturated rings. The number of ether oxygens (including phenoxy) is 8. The Morgan fingerprint density at radius 1 is 0.193 bits per heavy atom. The molecule has 12 aliphatic rings. The van der Waals surface area contributed by atoms with E-state index in [-0.39, 0.29) is 96.4 Å². The largest absolute Gasteiger partial charge is 2.00 e. The molecule has 0 bridgehead atoms. The molecule has 0 N–H and O–H groups in total. The first-order chi connectivity index (χ1) is 66.0. The minimum absolute atomic E-state index is 0. The van der Waals surface area contributed by atoms with Crippen molar-refractivity contribution in [2.24, 2.45) is 0 Å². The molecule has 4 saturated heterocycles. The zero-order chi connectivity index (χ0) is 102. The summed E-state index contributed by atoms with van der Waals surface area (Å²) in [5, 5.41) is 14.6. The summed E-state index contributed by atoms with van der Waals surface area (Å²) in [5.74, 6) is 0. The summed E-state index contributed by atoms with van der Waals surface area (Å²) in [7, 11) is -11.9. The number of nitrogens with zero attached hydrogens (tertiary/aromatic N) is 10. The maximum Gasteiger partial charge on any atom is 2.00 e. The van der Waals surface area contributed by atoms with E-state index in [1.54, 1.807) is 12.1 Å². The van der Waals surface area contributed by atoms with E-state index < -0.39 is 29.0 Å². The fourth-order valence-electron chi connectivity index (χ4n) is 22.6. The van der Waals surface area contributed by atoms with E-state index in [1.807, 2.05) is 56.9 Å². The van der Waals surface area contributed by atoms with Gasteiger partial charge in [0, 0.05) is 186 Å². The van der Waals surface area contributed by atoms with E-state index in [9.17, 15) is 69.1 Å². The maximum atomic E-state index is 9.75. The quantitative estimate of drug-likeness (QED) is 0.0357. The molecular formula is C92H190B4F16N10Ni2O8P8+8. The average molecular weight is 2280 g/mol. The van der Waals surface area contributed by atoms with Crippen molar-refractivity contribution < 1.29 is 140 Å². The van der Waals surface area contributed by atoms with Crippen molar-refractivity contribution in [2.45, 2.75) is 316 Å². The first-order valence-electron chi connectivity index (χ1n) is 52.6. The topological polar surface area (TPSA) is 147 Å². The SMILES string of the molecule is CC#N.CC#N.COCCN1C[PH+](C2CCCCC2)CN(CCOC)C[PH+](C2CCCCC2)C1.COCCN1C[PH+](C2CCCCC2)CN(CCOC)C[PH+](C2CCCCC2)C1.COCCN1C[PH+](C2CCCCC2)CN(CCOC)C[PH+](C2CCCCC2)C1.COCCN1C[PH+](C2CCCCC2)CN(CCOC)C[PH+](C2CCCCC2)C1.F[B-](F)(F)F.F[B-](F)(F)F.F[B-](F)(F)F.F[B-](F)(F)F.[Ni+2].[Ni+2]. The van der Waals surface area contributed by atoms with Gasteiger partial charge in [0.1, 0.15) is 101 Å². The third-order valence-electron chi connectivity index (χ3n) is 29.2. The number of hydrogen-bond donors (Lipinski definition) is 0. The van der Waals surface area contributed by atoms with Crippen LogP contribution in [0, 0.1) is 22.7 Å². The molecule has 18 nitrogen and oxygen atoms in total. The Morgan fingerprint density at radius 2 is 0.264 bits per heavy atom. The summed E-state index contributed by atoms with van der Waals surface area (Å²) in [6.07, 6.45) is 82.0. The molecule has 0 aromatic carbocycles. The third kappa shape index (κ3) is 71.8. The van der Waals surface area contributed by atoms with Gasteiger partial charge in [0.15, 0.2) is 0 Å². The zero-order valence-electron chi connectivity index (χ0n) is 87.3. The second-order valence-electron chi connectivity index (χ2n) is 40.0. The maximum absolute atomic E-state index is 9.75. The molecule has 0 amide bonds. The molecule has 0 aromatic heterocycles. The molecular weight excluding hydrogens is 2090 g/mol. The molecule has 0 radical (unpaired) electrons. The molecule has 832 valence electrons. The molecule has 4 heterocycles. The second kappa shape index (κ2) is 85.2. The number of rotatable bonds is 32. The van der Waals surface area contributed by atoms with Gasteiger partial charge in [-0.3, -0.25) is 0 Å². The molecule has 0 unspecified atom stereocenters. The number of nitriles is 2. The predicted octanol–water partition coefficient (Wildman–Crippen LogP) is 25.5. The van der Waals surface area contributed by atoms with Crippen molar-refractivity contribution in [3.8, 4) is 12.1 Å². The van der Waals surface area contributed by atoms with Gasteiger partial charge in [0.05, 0.1) is 110 Å². The molecule has 8 aliphatic carbocycles. The van der Waals surface area contributed by atoms with Gasteiger partial charge >= 0.3 is 62.0 Å². The van der Waals surface area contributed by atoms with Crippen LogP contribution in [0.15, 0.2) is 0 Å². The first kappa shape index (κ1) is 140. The first-order valence-corrected chi connectivity index (χ1v) is 68.5. The van der Waals surface area contributed by atoms with Crippen LogP contribution < -0.4 is 0 Å². The predicted molar refractivity (Wildman–Crippen MR) is 571 cm³/mol. The Kier molecular flexibility index (Phi) is 85.2. The number of halogens is 16. The fraction of sp³-hybridized carbons (Fsp3) is 0.978. The zero-order valence-corrected chi connectivity index (χ0v) is 97.2. The Balaban J connectivity index is 0.000000853. The molecule has 0 spiro atoms. The molecule has 4 aliphatic heterocycles. The monoisotopic (exact) mass is 2280 g/mol. The Hall–Kier alpha value is 1.91. The smallest absolute Gasteiger partial charge is 0.418 e. The summed E-state index contributed by atoms with van der Waals surface area (Å²) in [4.78, 5) is 23.0. The second-order valence-corrected chi connectivity index (χ2v) is 62.1. The third-order valence-corrected chi connectivity index (χ3v) is 56.7. The molecule has 12 rings (SSSR count). The molecule has 48 heteroatoms. The van der Waals surface area contributed by atoms with Crippen molar-refractivity contribution in [1.82, 2.24) is 39.2 Å². The van der Waals surface area contributed by atoms with Crippen LogP contribution in [0.3, 0.4) is 0 Å². The van der Waals surface area contributed by atoms with Crippen LogP contribution >= 0.6 is 63.4 Å². The van der Waals surface area contributed by atoms with Crippen molar-refractivity contribution in [3.63, 3.8) is 0 Å². The van der Waals surface area contributed by atoms with Gasteiger partial charge in [-0.1, -0.05) is 51.4 Å². The van der Waals surface area contributed by atoms with Crippen LogP contribution in [0.4, 0.5) is 69.1 Å². The van der Waals surface area contributed by atoms with Crippen LogP contribution in [0.25, 0.3) is 0 Å². The van der Waals surface area contributed by atoms with Gasteiger partial charge in [0.2, 0.25) is 0 Å². The van der Waals surface area contributed by atoms with Gasteiger partial charge in [-0.05, 0) is 205 Å². The van der Waals surface area contributed by atoms with E-state index >= 15 is 0 Å². The molecule has 0 aromatic rings. The van der Waals surface area contributed by atoms with E-state index in [4.69, 9.17) is 48.4 Å². The van der Waals surface area contributed by atoms with E-state index in [0.717, 1.165) is 150 Å². The van der Waals surface area contributed by atoms with Crippen LogP contribution in [-0.4, -0.2) is 376 Å². The summed E-state index contributed by atoms with van der Waals surface area (Å²) in [6, 6.07) is 3.50. The minimum atomic E-state index is -6.00. The molecule has 0 atom stereocenters. The van der Waals surface area contributed by atoms with Gasteiger partial charge in [-0.15, -0.1) is 0 Å². The van der Waals surface area contributed by atoms with Crippen molar-refractivity contribution >= 4 is 92.4 Å². The number of hydrogen-bond acceptors (Lipinski definition) is 18. The molecule has 140 heavy (non-hydrogen) atoms. The van der Waals surface area contributed by atoms with Crippen molar-refractivity contribution in [3.05, 3.63) is 0 Å². The van der Waals surface area contributed by atoms with Crippen molar-refractivity contribution in [2.75, 3.05) is 263 Å². The van der Waals surface area contributed by atoms with Gasteiger partial charge in [0.25, 0.3) is 0 Å². The Bertz CT molecular complexity index is 2390. The minimum Gasteiger partial charge on any atom is -0.418 e. The van der Waals surface area contributed by atoms with E-state index in [2.05, 4.69) is 39.2 Å². The normalized spacial score (nSPS) is 26.0. The van der Waals surface area contributed by atoms with Crippen LogP contribution in [0.5, 0.6) is 0 Å². The van der Waals surface area contributed by atoms with Crippen molar-refractivity contribution in [1.29, 1.82) is 10.5 Å². The molecule has 8 saturated carbocycles. The summed E-state index contributed by atoms with van der Waals surface area (Å²) in [6.45, 7) is 19.4. The van der Waals surface area contributed by atoms with Gasteiger partial charge in [-0.2, -0.15) is 10.5 Å². The van der Waals surface area contributed by atoms with Crippen LogP contribution in [0.2, 0.25) is 0 Å². The summed E-state index contributed by atoms with van der Waals surface area (Å²) >= 11 is 0. The van der Waals surface area contributed by atoms with E-state index in [1.165, 1.54) is 371 Å². The van der Waals surface area contributed by atoms with Gasteiger partial charge < -0.3 is 107 Å². The fourth-order valence-corrected chi connectivity index (χ4v) is 52.7. The van der Waals surface area contributed by atoms with Crippen LogP contribution in [-0.2, 0) is 70.9 Å². The van der Waals surface area contributed by atoms with Gasteiger partial charge in [-0.25, -0.2) is 39.2 Å². The average Bonchev–Trinajstić information content (AvgIpc) is 0.842. The Morgan fingerprint density at radius 3 is 0.329 bits per heavy atom. The summed E-state index contributed by atoms with van der Waals surface area (Å²) < 4.78 is 200. The Labute approximate surface area is 867 Å². The van der Waals surface area contributed by atoms with Crippen LogP contribution in [0.1, 0.15) is 271 Å². The number of methoxy groups -OCH3 is 8.